The smallest absolute Gasteiger partial charge is 0.267 e. The molecular formula is C25H42O3S. The molecule has 0 amide bonds. The standard InChI is InChI=1S/C25H42O3S/c1-2-3-4-5-6-7-8-9-10-12-15-23-18-20-24(21-19-23)22-29(26,27)28-25-16-13-11-14-17-25/h18-21,25H,2-17,22H2,1H3. The molecule has 166 valence electrons. The molecule has 0 aliphatic heterocycles. The van der Waals surface area contributed by atoms with Crippen LogP contribution >= 0.6 is 0 Å². The maximum Gasteiger partial charge on any atom is 0.271 e. The summed E-state index contributed by atoms with van der Waals surface area (Å²) in [5.74, 6) is -0.0119. The minimum atomic E-state index is -3.48. The molecule has 2 rings (SSSR count). The Hall–Kier alpha value is -0.870. The molecule has 0 atom stereocenters. The van der Waals surface area contributed by atoms with E-state index in [0.717, 1.165) is 37.7 Å². The largest absolute Gasteiger partial charge is 0.271 e. The number of hydrogen-bond acceptors (Lipinski definition) is 3. The van der Waals surface area contributed by atoms with E-state index in [-0.39, 0.29) is 11.9 Å². The number of unbranched alkanes of at least 4 members (excludes halogenated alkanes) is 9. The summed E-state index contributed by atoms with van der Waals surface area (Å²) in [4.78, 5) is 0. The summed E-state index contributed by atoms with van der Waals surface area (Å²) in [6.07, 6.45) is 19.6. The number of hydrogen-bond donors (Lipinski definition) is 0. The predicted octanol–water partition coefficient (Wildman–Crippen LogP) is 7.33. The fraction of sp³-hybridized carbons (Fsp3) is 0.760. The Morgan fingerprint density at radius 3 is 1.86 bits per heavy atom. The molecule has 1 aromatic carbocycles. The van der Waals surface area contributed by atoms with Gasteiger partial charge in [-0.05, 0) is 36.8 Å². The van der Waals surface area contributed by atoms with E-state index in [1.807, 2.05) is 12.1 Å². The highest BCUT2D eigenvalue weighted by molar-refractivity contribution is 7.85. The van der Waals surface area contributed by atoms with Crippen LogP contribution in [0.2, 0.25) is 0 Å². The van der Waals surface area contributed by atoms with Crippen molar-refractivity contribution < 1.29 is 12.6 Å². The minimum absolute atomic E-state index is 0.0119. The zero-order chi connectivity index (χ0) is 20.8. The van der Waals surface area contributed by atoms with Crippen molar-refractivity contribution in [1.82, 2.24) is 0 Å². The maximum absolute atomic E-state index is 12.3. The predicted molar refractivity (Wildman–Crippen MR) is 123 cm³/mol. The summed E-state index contributed by atoms with van der Waals surface area (Å²) in [6.45, 7) is 2.27. The SMILES string of the molecule is CCCCCCCCCCCCc1ccc(CS(=O)(=O)OC2CCCCC2)cc1. The Kier molecular flexibility index (Phi) is 11.9. The van der Waals surface area contributed by atoms with Crippen LogP contribution in [0.15, 0.2) is 24.3 Å². The molecule has 3 nitrogen and oxygen atoms in total. The minimum Gasteiger partial charge on any atom is -0.267 e. The van der Waals surface area contributed by atoms with Gasteiger partial charge in [0.2, 0.25) is 0 Å². The molecule has 1 aromatic rings. The Morgan fingerprint density at radius 2 is 1.28 bits per heavy atom. The average Bonchev–Trinajstić information content (AvgIpc) is 2.71. The molecule has 0 unspecified atom stereocenters. The van der Waals surface area contributed by atoms with Crippen molar-refractivity contribution in [2.24, 2.45) is 0 Å². The molecule has 4 heteroatoms. The first-order valence-corrected chi connectivity index (χ1v) is 13.7. The average molecular weight is 423 g/mol. The van der Waals surface area contributed by atoms with Crippen molar-refractivity contribution in [1.29, 1.82) is 0 Å². The third kappa shape index (κ3) is 11.2. The monoisotopic (exact) mass is 422 g/mol. The van der Waals surface area contributed by atoms with Crippen molar-refractivity contribution in [2.45, 2.75) is 122 Å². The Morgan fingerprint density at radius 1 is 0.759 bits per heavy atom. The van der Waals surface area contributed by atoms with Gasteiger partial charge in [-0.1, -0.05) is 108 Å². The first kappa shape index (κ1) is 24.4. The van der Waals surface area contributed by atoms with E-state index in [9.17, 15) is 8.42 Å². The van der Waals surface area contributed by atoms with Crippen LogP contribution in [0.3, 0.4) is 0 Å². The lowest BCUT2D eigenvalue weighted by Crippen LogP contribution is -2.22. The van der Waals surface area contributed by atoms with Crippen LogP contribution in [0, 0.1) is 0 Å². The fourth-order valence-corrected chi connectivity index (χ4v) is 5.50. The van der Waals surface area contributed by atoms with Crippen molar-refractivity contribution in [3.63, 3.8) is 0 Å². The van der Waals surface area contributed by atoms with Gasteiger partial charge in [0.15, 0.2) is 0 Å². The molecule has 1 saturated carbocycles. The zero-order valence-corrected chi connectivity index (χ0v) is 19.4. The lowest BCUT2D eigenvalue weighted by atomic mass is 9.98. The molecule has 0 radical (unpaired) electrons. The molecule has 0 spiro atoms. The Labute approximate surface area is 179 Å². The molecule has 0 bridgehead atoms. The Bertz CT molecular complexity index is 631. The lowest BCUT2D eigenvalue weighted by molar-refractivity contribution is 0.162. The van der Waals surface area contributed by atoms with Crippen molar-refractivity contribution in [2.75, 3.05) is 0 Å². The van der Waals surface area contributed by atoms with Crippen LogP contribution in [0.5, 0.6) is 0 Å². The summed E-state index contributed by atoms with van der Waals surface area (Å²) in [7, 11) is -3.48. The summed E-state index contributed by atoms with van der Waals surface area (Å²) in [6, 6.07) is 8.07. The zero-order valence-electron chi connectivity index (χ0n) is 18.5. The number of aryl methyl sites for hydroxylation is 1. The second-order valence-electron chi connectivity index (χ2n) is 8.81. The van der Waals surface area contributed by atoms with E-state index in [1.165, 1.54) is 76.2 Å². The van der Waals surface area contributed by atoms with Crippen LogP contribution < -0.4 is 0 Å². The quantitative estimate of drug-likeness (QED) is 0.219. The first-order valence-electron chi connectivity index (χ1n) is 12.1. The summed E-state index contributed by atoms with van der Waals surface area (Å²) in [5.41, 5.74) is 2.13. The van der Waals surface area contributed by atoms with Crippen molar-refractivity contribution in [3.8, 4) is 0 Å². The second kappa shape index (κ2) is 14.2. The third-order valence-electron chi connectivity index (χ3n) is 6.02. The van der Waals surface area contributed by atoms with Crippen LogP contribution in [0.4, 0.5) is 0 Å². The van der Waals surface area contributed by atoms with Crippen LogP contribution in [0.25, 0.3) is 0 Å². The van der Waals surface area contributed by atoms with Gasteiger partial charge < -0.3 is 0 Å². The van der Waals surface area contributed by atoms with Gasteiger partial charge in [0.25, 0.3) is 10.1 Å². The van der Waals surface area contributed by atoms with Crippen LogP contribution in [-0.2, 0) is 26.5 Å². The molecule has 1 aliphatic carbocycles. The first-order chi connectivity index (χ1) is 14.1. The molecule has 29 heavy (non-hydrogen) atoms. The van der Waals surface area contributed by atoms with Gasteiger partial charge in [0.05, 0.1) is 6.10 Å². The van der Waals surface area contributed by atoms with Crippen LogP contribution in [-0.4, -0.2) is 14.5 Å². The lowest BCUT2D eigenvalue weighted by Gasteiger charge is -2.21. The highest BCUT2D eigenvalue weighted by atomic mass is 32.2. The van der Waals surface area contributed by atoms with E-state index in [1.54, 1.807) is 0 Å². The van der Waals surface area contributed by atoms with Crippen LogP contribution in [0.1, 0.15) is 114 Å². The van der Waals surface area contributed by atoms with Gasteiger partial charge in [0.1, 0.15) is 5.75 Å². The highest BCUT2D eigenvalue weighted by Gasteiger charge is 2.22. The highest BCUT2D eigenvalue weighted by Crippen LogP contribution is 2.23. The van der Waals surface area contributed by atoms with E-state index in [2.05, 4.69) is 19.1 Å². The van der Waals surface area contributed by atoms with Gasteiger partial charge in [-0.25, -0.2) is 0 Å². The molecule has 0 aromatic heterocycles. The molecule has 0 N–H and O–H groups in total. The third-order valence-corrected chi connectivity index (χ3v) is 7.27. The Balaban J connectivity index is 1.58. The number of benzene rings is 1. The molecule has 0 saturated heterocycles. The summed E-state index contributed by atoms with van der Waals surface area (Å²) >= 11 is 0. The number of rotatable bonds is 15. The molecule has 1 aliphatic rings. The van der Waals surface area contributed by atoms with Gasteiger partial charge in [0, 0.05) is 0 Å². The topological polar surface area (TPSA) is 43.4 Å². The van der Waals surface area contributed by atoms with Gasteiger partial charge >= 0.3 is 0 Å². The van der Waals surface area contributed by atoms with E-state index >= 15 is 0 Å². The van der Waals surface area contributed by atoms with Crippen molar-refractivity contribution in [3.05, 3.63) is 35.4 Å². The fourth-order valence-electron chi connectivity index (χ4n) is 4.23. The summed E-state index contributed by atoms with van der Waals surface area (Å²) in [5, 5.41) is 0. The van der Waals surface area contributed by atoms with E-state index in [0.29, 0.717) is 0 Å². The van der Waals surface area contributed by atoms with Crippen molar-refractivity contribution >= 4 is 10.1 Å². The van der Waals surface area contributed by atoms with E-state index < -0.39 is 10.1 Å². The molecule has 1 fully saturated rings. The summed E-state index contributed by atoms with van der Waals surface area (Å²) < 4.78 is 30.0. The second-order valence-corrected chi connectivity index (χ2v) is 10.4. The molecule has 0 heterocycles. The van der Waals surface area contributed by atoms with Gasteiger partial charge in [-0.3, -0.25) is 4.18 Å². The maximum atomic E-state index is 12.3. The van der Waals surface area contributed by atoms with E-state index in [4.69, 9.17) is 4.18 Å². The van der Waals surface area contributed by atoms with Gasteiger partial charge in [-0.15, -0.1) is 0 Å². The van der Waals surface area contributed by atoms with Gasteiger partial charge in [-0.2, -0.15) is 8.42 Å². The normalized spacial score (nSPS) is 15.6. The molecular weight excluding hydrogens is 380 g/mol.